The zero-order chi connectivity index (χ0) is 16.6. The number of aliphatic hydroxyl groups excluding tert-OH is 1. The Morgan fingerprint density at radius 2 is 1.88 bits per heavy atom. The van der Waals surface area contributed by atoms with E-state index < -0.39 is 0 Å². The van der Waals surface area contributed by atoms with Gasteiger partial charge in [0.25, 0.3) is 0 Å². The molecule has 0 aromatic heterocycles. The Hall–Kier alpha value is -0.980. The number of hydrogen-bond donors (Lipinski definition) is 2. The molecular weight excluding hydrogens is 304 g/mol. The molecule has 2 bridgehead atoms. The number of benzene rings is 1. The van der Waals surface area contributed by atoms with E-state index in [9.17, 15) is 0 Å². The van der Waals surface area contributed by atoms with Crippen molar-refractivity contribution in [2.45, 2.75) is 19.0 Å². The van der Waals surface area contributed by atoms with Crippen molar-refractivity contribution in [3.05, 3.63) is 35.9 Å². The van der Waals surface area contributed by atoms with Crippen LogP contribution in [0.5, 0.6) is 0 Å². The zero-order valence-corrected chi connectivity index (χ0v) is 14.4. The standard InChI is InChI=1S/C19H30N2O3/c22-8-10-23-9-4-7-20-19-17-12-21(13-18(19)15-24-14-17)11-16-5-2-1-3-6-16/h1-3,5-6,17-20,22H,4,7-15H2. The highest BCUT2D eigenvalue weighted by Crippen LogP contribution is 2.28. The van der Waals surface area contributed by atoms with E-state index in [1.807, 2.05) is 0 Å². The molecule has 0 radical (unpaired) electrons. The fourth-order valence-electron chi connectivity index (χ4n) is 3.95. The van der Waals surface area contributed by atoms with Gasteiger partial charge in [0.2, 0.25) is 0 Å². The van der Waals surface area contributed by atoms with Crippen LogP contribution in [0, 0.1) is 11.8 Å². The van der Waals surface area contributed by atoms with Crippen molar-refractivity contribution >= 4 is 0 Å². The van der Waals surface area contributed by atoms with Gasteiger partial charge in [-0.15, -0.1) is 0 Å². The third kappa shape index (κ3) is 5.01. The van der Waals surface area contributed by atoms with Crippen LogP contribution < -0.4 is 5.32 Å². The van der Waals surface area contributed by atoms with Crippen LogP contribution in [0.15, 0.2) is 30.3 Å². The molecule has 5 heteroatoms. The van der Waals surface area contributed by atoms with Gasteiger partial charge in [-0.05, 0) is 18.5 Å². The van der Waals surface area contributed by atoms with Crippen LogP contribution in [0.4, 0.5) is 0 Å². The van der Waals surface area contributed by atoms with Crippen LogP contribution in [0.3, 0.4) is 0 Å². The number of hydrogen-bond acceptors (Lipinski definition) is 5. The summed E-state index contributed by atoms with van der Waals surface area (Å²) in [6.45, 7) is 7.20. The van der Waals surface area contributed by atoms with E-state index >= 15 is 0 Å². The Labute approximate surface area is 144 Å². The molecular formula is C19H30N2O3. The van der Waals surface area contributed by atoms with Crippen LogP contribution in [0.1, 0.15) is 12.0 Å². The number of piperidine rings is 1. The highest BCUT2D eigenvalue weighted by molar-refractivity contribution is 5.14. The first-order valence-electron chi connectivity index (χ1n) is 9.13. The highest BCUT2D eigenvalue weighted by atomic mass is 16.5. The Balaban J connectivity index is 1.45. The summed E-state index contributed by atoms with van der Waals surface area (Å²) in [4.78, 5) is 2.58. The molecule has 5 nitrogen and oxygen atoms in total. The first-order valence-corrected chi connectivity index (χ1v) is 9.13. The second kappa shape index (κ2) is 9.49. The van der Waals surface area contributed by atoms with Gasteiger partial charge >= 0.3 is 0 Å². The maximum Gasteiger partial charge on any atom is 0.0697 e. The van der Waals surface area contributed by atoms with Gasteiger partial charge in [-0.3, -0.25) is 4.90 Å². The summed E-state index contributed by atoms with van der Waals surface area (Å²) in [5.41, 5.74) is 1.39. The third-order valence-corrected chi connectivity index (χ3v) is 5.00. The van der Waals surface area contributed by atoms with E-state index in [4.69, 9.17) is 14.6 Å². The lowest BCUT2D eigenvalue weighted by Gasteiger charge is -2.47. The molecule has 2 fully saturated rings. The highest BCUT2D eigenvalue weighted by Gasteiger charge is 2.39. The molecule has 134 valence electrons. The van der Waals surface area contributed by atoms with Crippen LogP contribution in [-0.4, -0.2) is 68.7 Å². The van der Waals surface area contributed by atoms with Gasteiger partial charge in [0, 0.05) is 44.1 Å². The molecule has 0 amide bonds. The number of nitrogens with one attached hydrogen (secondary N) is 1. The van der Waals surface area contributed by atoms with E-state index in [0.29, 0.717) is 31.1 Å². The van der Waals surface area contributed by atoms with Gasteiger partial charge in [0.1, 0.15) is 0 Å². The van der Waals surface area contributed by atoms with Crippen LogP contribution >= 0.6 is 0 Å². The Morgan fingerprint density at radius 3 is 2.58 bits per heavy atom. The largest absolute Gasteiger partial charge is 0.394 e. The molecule has 1 aromatic carbocycles. The molecule has 2 N–H and O–H groups in total. The van der Waals surface area contributed by atoms with Crippen molar-refractivity contribution in [3.8, 4) is 0 Å². The second-order valence-electron chi connectivity index (χ2n) is 6.91. The number of likely N-dealkylation sites (tertiary alicyclic amines) is 1. The zero-order valence-electron chi connectivity index (χ0n) is 14.4. The number of fused-ring (bicyclic) bond motifs is 2. The van der Waals surface area contributed by atoms with Gasteiger partial charge in [0.05, 0.1) is 26.4 Å². The molecule has 0 aliphatic carbocycles. The summed E-state index contributed by atoms with van der Waals surface area (Å²) in [5.74, 6) is 1.14. The predicted molar refractivity (Wildman–Crippen MR) is 93.8 cm³/mol. The first-order chi connectivity index (χ1) is 11.9. The Kier molecular flexibility index (Phi) is 7.05. The summed E-state index contributed by atoms with van der Waals surface area (Å²) in [5, 5.41) is 12.4. The molecule has 2 heterocycles. The average Bonchev–Trinajstić information content (AvgIpc) is 2.59. The fraction of sp³-hybridized carbons (Fsp3) is 0.684. The number of aliphatic hydroxyl groups is 1. The summed E-state index contributed by atoms with van der Waals surface area (Å²) < 4.78 is 11.1. The molecule has 2 aliphatic rings. The SMILES string of the molecule is OCCOCCCNC1C2COCC1CN(Cc1ccccc1)C2. The smallest absolute Gasteiger partial charge is 0.0697 e. The Bertz CT molecular complexity index is 457. The minimum absolute atomic E-state index is 0.106. The molecule has 0 saturated carbocycles. The van der Waals surface area contributed by atoms with Gasteiger partial charge in [-0.2, -0.15) is 0 Å². The van der Waals surface area contributed by atoms with Crippen molar-refractivity contribution in [1.82, 2.24) is 10.2 Å². The quantitative estimate of drug-likeness (QED) is 0.663. The topological polar surface area (TPSA) is 54.0 Å². The van der Waals surface area contributed by atoms with Crippen molar-refractivity contribution in [2.24, 2.45) is 11.8 Å². The van der Waals surface area contributed by atoms with E-state index in [1.165, 1.54) is 5.56 Å². The minimum atomic E-state index is 0.106. The maximum atomic E-state index is 8.71. The molecule has 1 aromatic rings. The summed E-state index contributed by atoms with van der Waals surface area (Å²) in [7, 11) is 0. The predicted octanol–water partition coefficient (Wildman–Crippen LogP) is 1.12. The van der Waals surface area contributed by atoms with Gasteiger partial charge in [0.15, 0.2) is 0 Å². The lowest BCUT2D eigenvalue weighted by atomic mass is 9.82. The van der Waals surface area contributed by atoms with Gasteiger partial charge in [-0.1, -0.05) is 30.3 Å². The molecule has 24 heavy (non-hydrogen) atoms. The van der Waals surface area contributed by atoms with E-state index in [2.05, 4.69) is 40.5 Å². The molecule has 2 saturated heterocycles. The minimum Gasteiger partial charge on any atom is -0.394 e. The first kappa shape index (κ1) is 17.8. The normalized spacial score (nSPS) is 27.3. The van der Waals surface area contributed by atoms with E-state index in [1.54, 1.807) is 0 Å². The summed E-state index contributed by atoms with van der Waals surface area (Å²) in [6.07, 6.45) is 0.991. The molecule has 2 unspecified atom stereocenters. The molecule has 2 atom stereocenters. The second-order valence-corrected chi connectivity index (χ2v) is 6.91. The van der Waals surface area contributed by atoms with Crippen LogP contribution in [-0.2, 0) is 16.0 Å². The fourth-order valence-corrected chi connectivity index (χ4v) is 3.95. The number of rotatable bonds is 9. The Morgan fingerprint density at radius 1 is 1.12 bits per heavy atom. The van der Waals surface area contributed by atoms with Crippen molar-refractivity contribution in [2.75, 3.05) is 52.7 Å². The summed E-state index contributed by atoms with van der Waals surface area (Å²) in [6, 6.07) is 11.3. The van der Waals surface area contributed by atoms with E-state index in [-0.39, 0.29) is 6.61 Å². The van der Waals surface area contributed by atoms with Gasteiger partial charge < -0.3 is 19.9 Å². The third-order valence-electron chi connectivity index (χ3n) is 5.00. The maximum absolute atomic E-state index is 8.71. The number of nitrogens with zero attached hydrogens (tertiary/aromatic N) is 1. The van der Waals surface area contributed by atoms with Crippen LogP contribution in [0.25, 0.3) is 0 Å². The monoisotopic (exact) mass is 334 g/mol. The van der Waals surface area contributed by atoms with Crippen molar-refractivity contribution in [1.29, 1.82) is 0 Å². The van der Waals surface area contributed by atoms with Crippen molar-refractivity contribution in [3.63, 3.8) is 0 Å². The molecule has 3 rings (SSSR count). The lowest BCUT2D eigenvalue weighted by molar-refractivity contribution is -0.0667. The number of ether oxygens (including phenoxy) is 2. The van der Waals surface area contributed by atoms with E-state index in [0.717, 1.165) is 45.8 Å². The van der Waals surface area contributed by atoms with Crippen LogP contribution in [0.2, 0.25) is 0 Å². The lowest BCUT2D eigenvalue weighted by Crippen LogP contribution is -2.60. The van der Waals surface area contributed by atoms with Crippen molar-refractivity contribution < 1.29 is 14.6 Å². The molecule has 2 aliphatic heterocycles. The average molecular weight is 334 g/mol. The molecule has 0 spiro atoms. The van der Waals surface area contributed by atoms with Gasteiger partial charge in [-0.25, -0.2) is 0 Å². The summed E-state index contributed by atoms with van der Waals surface area (Å²) >= 11 is 0.